The lowest BCUT2D eigenvalue weighted by atomic mass is 9.84. The maximum absolute atomic E-state index is 12.1. The van der Waals surface area contributed by atoms with Gasteiger partial charge in [0.05, 0.1) is 11.7 Å². The van der Waals surface area contributed by atoms with Crippen molar-refractivity contribution in [3.05, 3.63) is 42.4 Å². The zero-order valence-electron chi connectivity index (χ0n) is 14.1. The minimum Gasteiger partial charge on any atom is -0.346 e. The van der Waals surface area contributed by atoms with E-state index in [-0.39, 0.29) is 11.9 Å². The van der Waals surface area contributed by atoms with Gasteiger partial charge in [0.25, 0.3) is 0 Å². The highest BCUT2D eigenvalue weighted by Gasteiger charge is 2.28. The van der Waals surface area contributed by atoms with Gasteiger partial charge in [-0.05, 0) is 12.3 Å². The summed E-state index contributed by atoms with van der Waals surface area (Å²) in [5, 5.41) is 3.22. The molecule has 0 saturated heterocycles. The largest absolute Gasteiger partial charge is 0.346 e. The fourth-order valence-electron chi connectivity index (χ4n) is 4.11. The number of hydrogen-bond donors (Lipinski definition) is 1. The second kappa shape index (κ2) is 6.80. The third-order valence-corrected chi connectivity index (χ3v) is 5.40. The van der Waals surface area contributed by atoms with E-state index in [0.717, 1.165) is 30.0 Å². The summed E-state index contributed by atoms with van der Waals surface area (Å²) in [5.74, 6) is 1.90. The van der Waals surface area contributed by atoms with Crippen molar-refractivity contribution in [1.82, 2.24) is 14.9 Å². The highest BCUT2D eigenvalue weighted by atomic mass is 16.1. The van der Waals surface area contributed by atoms with Crippen molar-refractivity contribution in [2.24, 2.45) is 5.92 Å². The van der Waals surface area contributed by atoms with Crippen LogP contribution in [0.2, 0.25) is 0 Å². The molecule has 2 aliphatic rings. The highest BCUT2D eigenvalue weighted by molar-refractivity contribution is 5.76. The maximum atomic E-state index is 12.1. The van der Waals surface area contributed by atoms with Crippen molar-refractivity contribution in [1.29, 1.82) is 0 Å². The van der Waals surface area contributed by atoms with E-state index in [1.54, 1.807) is 0 Å². The van der Waals surface area contributed by atoms with Gasteiger partial charge >= 0.3 is 0 Å². The van der Waals surface area contributed by atoms with Crippen LogP contribution in [0.4, 0.5) is 0 Å². The van der Waals surface area contributed by atoms with Gasteiger partial charge in [-0.15, -0.1) is 0 Å². The minimum absolute atomic E-state index is 0.0561. The first-order chi connectivity index (χ1) is 11.8. The first-order valence-corrected chi connectivity index (χ1v) is 9.21. The van der Waals surface area contributed by atoms with E-state index in [4.69, 9.17) is 4.98 Å². The standard InChI is InChI=1S/C20H25N3O/c24-19-11-12-23-14-18(16-9-5-2-6-10-16)22-20(23)17(21-19)13-15-7-3-1-4-8-15/h2,5-6,9-10,14-15,17H,1,3-4,7-8,11-13H2,(H,21,24)/t17-/m0/s1. The molecule has 1 aliphatic carbocycles. The van der Waals surface area contributed by atoms with Gasteiger partial charge in [-0.1, -0.05) is 62.4 Å². The Labute approximate surface area is 143 Å². The summed E-state index contributed by atoms with van der Waals surface area (Å²) in [4.78, 5) is 17.0. The topological polar surface area (TPSA) is 46.9 Å². The fourth-order valence-corrected chi connectivity index (χ4v) is 4.11. The summed E-state index contributed by atoms with van der Waals surface area (Å²) >= 11 is 0. The molecule has 0 unspecified atom stereocenters. The highest BCUT2D eigenvalue weighted by Crippen LogP contribution is 2.33. The number of aryl methyl sites for hydroxylation is 1. The van der Waals surface area contributed by atoms with Crippen LogP contribution < -0.4 is 5.32 Å². The number of hydrogen-bond acceptors (Lipinski definition) is 2. The number of benzene rings is 1. The van der Waals surface area contributed by atoms with Crippen LogP contribution in [0.5, 0.6) is 0 Å². The Morgan fingerprint density at radius 2 is 1.92 bits per heavy atom. The molecule has 2 aromatic rings. The van der Waals surface area contributed by atoms with E-state index in [1.165, 1.54) is 32.1 Å². The van der Waals surface area contributed by atoms with Crippen LogP contribution in [0.25, 0.3) is 11.3 Å². The molecular formula is C20H25N3O. The molecule has 1 aromatic heterocycles. The van der Waals surface area contributed by atoms with Crippen molar-refractivity contribution in [2.45, 2.75) is 57.5 Å². The molecule has 1 aromatic carbocycles. The van der Waals surface area contributed by atoms with Crippen LogP contribution in [0, 0.1) is 5.92 Å². The predicted octanol–water partition coefficient (Wildman–Crippen LogP) is 4.08. The SMILES string of the molecule is O=C1CCn2cc(-c3ccccc3)nc2[C@H](CC2CCCCC2)N1. The molecule has 1 N–H and O–H groups in total. The number of carbonyl (C=O) groups excluding carboxylic acids is 1. The normalized spacial score (nSPS) is 21.8. The van der Waals surface area contributed by atoms with Crippen molar-refractivity contribution in [3.63, 3.8) is 0 Å². The van der Waals surface area contributed by atoms with Crippen molar-refractivity contribution >= 4 is 5.91 Å². The Bertz CT molecular complexity index is 701. The average molecular weight is 323 g/mol. The summed E-state index contributed by atoms with van der Waals surface area (Å²) in [6.45, 7) is 0.724. The second-order valence-electron chi connectivity index (χ2n) is 7.15. The van der Waals surface area contributed by atoms with E-state index in [9.17, 15) is 4.79 Å². The molecule has 0 radical (unpaired) electrons. The Kier molecular flexibility index (Phi) is 4.37. The van der Waals surface area contributed by atoms with Gasteiger partial charge in [-0.3, -0.25) is 4.79 Å². The van der Waals surface area contributed by atoms with Crippen molar-refractivity contribution in [3.8, 4) is 11.3 Å². The monoisotopic (exact) mass is 323 g/mol. The summed E-state index contributed by atoms with van der Waals surface area (Å²) in [7, 11) is 0. The lowest BCUT2D eigenvalue weighted by Crippen LogP contribution is -2.29. The number of carbonyl (C=O) groups is 1. The predicted molar refractivity (Wildman–Crippen MR) is 94.4 cm³/mol. The van der Waals surface area contributed by atoms with Gasteiger partial charge in [-0.25, -0.2) is 4.98 Å². The van der Waals surface area contributed by atoms with Crippen LogP contribution in [0.15, 0.2) is 36.5 Å². The third-order valence-electron chi connectivity index (χ3n) is 5.40. The number of nitrogens with zero attached hydrogens (tertiary/aromatic N) is 2. The first kappa shape index (κ1) is 15.4. The molecule has 1 amide bonds. The third kappa shape index (κ3) is 3.23. The Morgan fingerprint density at radius 3 is 2.71 bits per heavy atom. The summed E-state index contributed by atoms with van der Waals surface area (Å²) < 4.78 is 2.19. The van der Waals surface area contributed by atoms with Crippen LogP contribution in [-0.4, -0.2) is 15.5 Å². The second-order valence-corrected chi connectivity index (χ2v) is 7.15. The fraction of sp³-hybridized carbons (Fsp3) is 0.500. The average Bonchev–Trinajstić information content (AvgIpc) is 3.00. The number of fused-ring (bicyclic) bond motifs is 1. The van der Waals surface area contributed by atoms with E-state index in [0.29, 0.717) is 12.3 Å². The molecule has 1 saturated carbocycles. The molecule has 4 heteroatoms. The molecule has 2 heterocycles. The van der Waals surface area contributed by atoms with Crippen LogP contribution >= 0.6 is 0 Å². The summed E-state index contributed by atoms with van der Waals surface area (Å²) in [6.07, 6.45) is 10.3. The van der Waals surface area contributed by atoms with Gasteiger partial charge in [0.1, 0.15) is 5.82 Å². The van der Waals surface area contributed by atoms with Crippen LogP contribution in [-0.2, 0) is 11.3 Å². The molecule has 0 bridgehead atoms. The number of amides is 1. The minimum atomic E-state index is 0.0561. The van der Waals surface area contributed by atoms with Gasteiger partial charge in [-0.2, -0.15) is 0 Å². The van der Waals surface area contributed by atoms with Gasteiger partial charge in [0.15, 0.2) is 0 Å². The number of rotatable bonds is 3. The van der Waals surface area contributed by atoms with Crippen LogP contribution in [0.3, 0.4) is 0 Å². The van der Waals surface area contributed by atoms with Crippen molar-refractivity contribution in [2.75, 3.05) is 0 Å². The molecule has 1 atom stereocenters. The van der Waals surface area contributed by atoms with Crippen LogP contribution in [0.1, 0.15) is 56.8 Å². The smallest absolute Gasteiger partial charge is 0.222 e. The number of nitrogens with one attached hydrogen (secondary N) is 1. The molecular weight excluding hydrogens is 298 g/mol. The molecule has 4 rings (SSSR count). The molecule has 24 heavy (non-hydrogen) atoms. The molecule has 1 aliphatic heterocycles. The summed E-state index contributed by atoms with van der Waals surface area (Å²) in [5.41, 5.74) is 2.15. The van der Waals surface area contributed by atoms with Gasteiger partial charge in [0, 0.05) is 24.7 Å². The zero-order chi connectivity index (χ0) is 16.4. The number of imidazole rings is 1. The molecule has 4 nitrogen and oxygen atoms in total. The van der Waals surface area contributed by atoms with E-state index in [2.05, 4.69) is 28.2 Å². The lowest BCUT2D eigenvalue weighted by Gasteiger charge is -2.26. The zero-order valence-corrected chi connectivity index (χ0v) is 14.1. The maximum Gasteiger partial charge on any atom is 0.222 e. The van der Waals surface area contributed by atoms with Gasteiger partial charge in [0.2, 0.25) is 5.91 Å². The van der Waals surface area contributed by atoms with Gasteiger partial charge < -0.3 is 9.88 Å². The number of aromatic nitrogens is 2. The quantitative estimate of drug-likeness (QED) is 0.925. The molecule has 1 fully saturated rings. The van der Waals surface area contributed by atoms with E-state index < -0.39 is 0 Å². The van der Waals surface area contributed by atoms with E-state index in [1.807, 2.05) is 18.2 Å². The first-order valence-electron chi connectivity index (χ1n) is 9.21. The van der Waals surface area contributed by atoms with Crippen molar-refractivity contribution < 1.29 is 4.79 Å². The Hall–Kier alpha value is -2.10. The van der Waals surface area contributed by atoms with E-state index >= 15 is 0 Å². The Morgan fingerprint density at radius 1 is 1.12 bits per heavy atom. The molecule has 0 spiro atoms. The lowest BCUT2D eigenvalue weighted by molar-refractivity contribution is -0.121. The summed E-state index contributed by atoms with van der Waals surface area (Å²) in [6, 6.07) is 10.4. The molecule has 126 valence electrons. The Balaban J connectivity index is 1.62.